The number of aryl methyl sites for hydroxylation is 1. The Labute approximate surface area is 345 Å². The Morgan fingerprint density at radius 2 is 1.11 bits per heavy atom. The smallest absolute Gasteiger partial charge is 0.322 e. The number of carboxylic acid groups (broad SMARTS) is 2. The number of carbonyl (C=O) groups excluding carboxylic acids is 1. The molecule has 0 aliphatic rings. The monoisotopic (exact) mass is 1000 g/mol. The van der Waals surface area contributed by atoms with Gasteiger partial charge in [-0.25, -0.2) is 8.78 Å². The number of anilines is 2. The number of ether oxygens (including phenoxy) is 2. The van der Waals surface area contributed by atoms with Crippen LogP contribution in [0.4, 0.5) is 20.2 Å². The SMILES string of the molecule is CC(C)Nc1cccc(COc2c(Br)cc(C(=O)NCC(=O)O)cc2Br)c1F.CC(C)Nc1cccc(COc2c(Br)cc(CCC(=O)O)cc2Br)c1F. The molecule has 0 fully saturated rings. The molecule has 4 aromatic carbocycles. The van der Waals surface area contributed by atoms with Crippen LogP contribution in [0.15, 0.2) is 78.6 Å². The summed E-state index contributed by atoms with van der Waals surface area (Å²) in [5.74, 6) is -2.28. The molecule has 5 N–H and O–H groups in total. The molecule has 290 valence electrons. The second-order valence-corrected chi connectivity index (χ2v) is 15.8. The first-order valence-electron chi connectivity index (χ1n) is 16.5. The maximum absolute atomic E-state index is 14.6. The van der Waals surface area contributed by atoms with Gasteiger partial charge in [-0.2, -0.15) is 0 Å². The molecule has 10 nitrogen and oxygen atoms in total. The number of carboxylic acids is 2. The van der Waals surface area contributed by atoms with Crippen LogP contribution in [-0.2, 0) is 29.2 Å². The first kappa shape index (κ1) is 44.7. The summed E-state index contributed by atoms with van der Waals surface area (Å²) in [6.45, 7) is 7.32. The molecule has 0 saturated heterocycles. The lowest BCUT2D eigenvalue weighted by Gasteiger charge is -2.15. The van der Waals surface area contributed by atoms with Crippen molar-refractivity contribution in [2.75, 3.05) is 17.2 Å². The van der Waals surface area contributed by atoms with E-state index in [0.29, 0.717) is 58.3 Å². The standard InChI is InChI=1S/C19H19Br2FN2O4.C19H20Br2FNO3/c1-10(2)24-15-5-3-4-11(17(15)22)9-28-18-13(20)6-12(7-14(18)21)19(27)23-8-16(25)26;1-11(2)23-16-5-3-4-13(18(16)22)10-26-19-14(20)8-12(9-15(19)21)6-7-17(24)25/h3-7,10,24H,8-9H2,1-2H3,(H,23,27)(H,25,26);3-5,8-9,11,23H,6-7,10H2,1-2H3,(H,24,25). The van der Waals surface area contributed by atoms with Crippen LogP contribution < -0.4 is 25.4 Å². The topological polar surface area (TPSA) is 146 Å². The van der Waals surface area contributed by atoms with Crippen molar-refractivity contribution in [3.63, 3.8) is 0 Å². The Kier molecular flexibility index (Phi) is 17.7. The third-order valence-electron chi connectivity index (χ3n) is 7.14. The van der Waals surface area contributed by atoms with E-state index in [1.165, 1.54) is 12.1 Å². The second-order valence-electron chi connectivity index (χ2n) is 12.4. The number of halogens is 6. The molecule has 0 atom stereocenters. The highest BCUT2D eigenvalue weighted by atomic mass is 79.9. The van der Waals surface area contributed by atoms with Crippen LogP contribution in [0, 0.1) is 11.6 Å². The van der Waals surface area contributed by atoms with Crippen molar-refractivity contribution in [3.05, 3.63) is 112 Å². The molecular weight excluding hydrogens is 968 g/mol. The van der Waals surface area contributed by atoms with Crippen LogP contribution in [0.2, 0.25) is 0 Å². The number of aliphatic carboxylic acids is 2. The highest BCUT2D eigenvalue weighted by Gasteiger charge is 2.17. The van der Waals surface area contributed by atoms with E-state index in [-0.39, 0.29) is 48.9 Å². The minimum Gasteiger partial charge on any atom is -0.486 e. The van der Waals surface area contributed by atoms with E-state index in [1.807, 2.05) is 39.8 Å². The maximum atomic E-state index is 14.6. The minimum absolute atomic E-state index is 0.0127. The van der Waals surface area contributed by atoms with E-state index in [9.17, 15) is 23.2 Å². The third kappa shape index (κ3) is 13.8. The fourth-order valence-electron chi connectivity index (χ4n) is 4.76. The summed E-state index contributed by atoms with van der Waals surface area (Å²) in [6.07, 6.45) is 0.476. The molecule has 54 heavy (non-hydrogen) atoms. The Bertz CT molecular complexity index is 1920. The summed E-state index contributed by atoms with van der Waals surface area (Å²) < 4.78 is 43.0. The van der Waals surface area contributed by atoms with Crippen molar-refractivity contribution in [1.29, 1.82) is 0 Å². The fourth-order valence-corrected chi connectivity index (χ4v) is 7.69. The van der Waals surface area contributed by atoms with Crippen LogP contribution in [0.25, 0.3) is 0 Å². The molecule has 4 rings (SSSR count). The molecule has 4 aromatic rings. The molecule has 16 heteroatoms. The van der Waals surface area contributed by atoms with Gasteiger partial charge in [0.1, 0.15) is 31.3 Å². The van der Waals surface area contributed by atoms with Crippen LogP contribution in [0.1, 0.15) is 61.2 Å². The Balaban J connectivity index is 0.000000291. The van der Waals surface area contributed by atoms with Gasteiger partial charge in [0.2, 0.25) is 0 Å². The van der Waals surface area contributed by atoms with Crippen molar-refractivity contribution in [2.45, 2.75) is 65.8 Å². The van der Waals surface area contributed by atoms with Crippen LogP contribution in [0.5, 0.6) is 11.5 Å². The highest BCUT2D eigenvalue weighted by Crippen LogP contribution is 2.37. The highest BCUT2D eigenvalue weighted by molar-refractivity contribution is 9.11. The number of rotatable bonds is 16. The molecule has 0 aromatic heterocycles. The summed E-state index contributed by atoms with van der Waals surface area (Å²) in [5, 5.41) is 25.8. The summed E-state index contributed by atoms with van der Waals surface area (Å²) in [4.78, 5) is 33.3. The second kappa shape index (κ2) is 21.4. The molecule has 0 aliphatic heterocycles. The maximum Gasteiger partial charge on any atom is 0.322 e. The number of hydrogen-bond donors (Lipinski definition) is 5. The molecule has 0 bridgehead atoms. The van der Waals surface area contributed by atoms with Gasteiger partial charge in [-0.1, -0.05) is 24.3 Å². The van der Waals surface area contributed by atoms with Gasteiger partial charge in [0, 0.05) is 35.2 Å². The zero-order chi connectivity index (χ0) is 40.1. The number of benzene rings is 4. The molecule has 0 aliphatic carbocycles. The third-order valence-corrected chi connectivity index (χ3v) is 9.49. The largest absolute Gasteiger partial charge is 0.486 e. The quantitative estimate of drug-likeness (QED) is 0.0741. The summed E-state index contributed by atoms with van der Waals surface area (Å²) in [5.41, 5.74) is 2.80. The minimum atomic E-state index is -1.14. The molecular formula is C38H39Br4F2N3O7. The normalized spacial score (nSPS) is 10.7. The van der Waals surface area contributed by atoms with Crippen LogP contribution in [0.3, 0.4) is 0 Å². The van der Waals surface area contributed by atoms with Crippen LogP contribution in [-0.4, -0.2) is 46.7 Å². The van der Waals surface area contributed by atoms with Gasteiger partial charge in [0.15, 0.2) is 11.6 Å². The number of amides is 1. The van der Waals surface area contributed by atoms with Gasteiger partial charge in [-0.05, 0) is 140 Å². The number of nitrogens with one attached hydrogen (secondary N) is 3. The molecule has 0 radical (unpaired) electrons. The first-order chi connectivity index (χ1) is 25.5. The van der Waals surface area contributed by atoms with E-state index >= 15 is 0 Å². The lowest BCUT2D eigenvalue weighted by molar-refractivity contribution is -0.137. The van der Waals surface area contributed by atoms with Crippen molar-refractivity contribution in [3.8, 4) is 11.5 Å². The predicted molar refractivity (Wildman–Crippen MR) is 219 cm³/mol. The summed E-state index contributed by atoms with van der Waals surface area (Å²) in [7, 11) is 0. The van der Waals surface area contributed by atoms with Gasteiger partial charge in [0.05, 0.1) is 29.3 Å². The lowest BCUT2D eigenvalue weighted by Crippen LogP contribution is -2.29. The zero-order valence-electron chi connectivity index (χ0n) is 29.7. The Morgan fingerprint density at radius 1 is 0.685 bits per heavy atom. The first-order valence-corrected chi connectivity index (χ1v) is 19.7. The predicted octanol–water partition coefficient (Wildman–Crippen LogP) is 10.3. The molecule has 0 saturated carbocycles. The van der Waals surface area contributed by atoms with Crippen LogP contribution >= 0.6 is 63.7 Å². The van der Waals surface area contributed by atoms with Gasteiger partial charge in [-0.15, -0.1) is 0 Å². The lowest BCUT2D eigenvalue weighted by atomic mass is 10.1. The zero-order valence-corrected chi connectivity index (χ0v) is 36.0. The average molecular weight is 1010 g/mol. The number of carbonyl (C=O) groups is 3. The van der Waals surface area contributed by atoms with Crippen molar-refractivity contribution in [1.82, 2.24) is 5.32 Å². The molecule has 0 heterocycles. The van der Waals surface area contributed by atoms with E-state index in [2.05, 4.69) is 79.7 Å². The summed E-state index contributed by atoms with van der Waals surface area (Å²) >= 11 is 13.5. The van der Waals surface area contributed by atoms with E-state index in [1.54, 1.807) is 36.4 Å². The fraction of sp³-hybridized carbons (Fsp3) is 0.289. The molecule has 1 amide bonds. The van der Waals surface area contributed by atoms with Gasteiger partial charge >= 0.3 is 11.9 Å². The van der Waals surface area contributed by atoms with E-state index in [0.717, 1.165) is 5.56 Å². The summed E-state index contributed by atoms with van der Waals surface area (Å²) in [6, 6.07) is 17.1. The Morgan fingerprint density at radius 3 is 1.50 bits per heavy atom. The van der Waals surface area contributed by atoms with Crippen molar-refractivity contribution < 1.29 is 42.9 Å². The van der Waals surface area contributed by atoms with Gasteiger partial charge in [0.25, 0.3) is 5.91 Å². The molecule has 0 spiro atoms. The average Bonchev–Trinajstić information content (AvgIpc) is 3.08. The van der Waals surface area contributed by atoms with Gasteiger partial charge in [-0.3, -0.25) is 14.4 Å². The number of hydrogen-bond acceptors (Lipinski definition) is 7. The van der Waals surface area contributed by atoms with Crippen molar-refractivity contribution in [2.24, 2.45) is 0 Å². The molecule has 0 unspecified atom stereocenters. The van der Waals surface area contributed by atoms with Gasteiger partial charge < -0.3 is 35.6 Å². The van der Waals surface area contributed by atoms with E-state index in [4.69, 9.17) is 19.7 Å². The van der Waals surface area contributed by atoms with Crippen molar-refractivity contribution >= 4 is 92.9 Å². The van der Waals surface area contributed by atoms with E-state index < -0.39 is 24.4 Å². The Hall–Kier alpha value is -3.73.